The fraction of sp³-hybridized carbons (Fsp3) is 0.0526. The minimum atomic E-state index is -1.24. The van der Waals surface area contributed by atoms with Crippen LogP contribution in [0.5, 0.6) is 0 Å². The first kappa shape index (κ1) is 28.5. The summed E-state index contributed by atoms with van der Waals surface area (Å²) in [5.74, 6) is -3.19. The molecule has 8 heteroatoms. The van der Waals surface area contributed by atoms with Gasteiger partial charge in [-0.15, -0.1) is 0 Å². The van der Waals surface area contributed by atoms with Crippen LogP contribution in [0, 0.1) is 0 Å². The van der Waals surface area contributed by atoms with Crippen LogP contribution in [0.2, 0.25) is 0 Å². The molecule has 0 aliphatic heterocycles. The average molecular weight is 607 g/mol. The van der Waals surface area contributed by atoms with Gasteiger partial charge in [-0.05, 0) is 67.7 Å². The van der Waals surface area contributed by atoms with Crippen molar-refractivity contribution in [3.63, 3.8) is 0 Å². The molecule has 0 radical (unpaired) electrons. The van der Waals surface area contributed by atoms with Crippen molar-refractivity contribution >= 4 is 66.8 Å². The normalized spacial score (nSPS) is 11.3. The number of fused-ring (bicyclic) bond motifs is 2. The third-order valence-electron chi connectivity index (χ3n) is 8.44. The lowest BCUT2D eigenvalue weighted by Crippen LogP contribution is -2.26. The summed E-state index contributed by atoms with van der Waals surface area (Å²) in [4.78, 5) is 52.1. The van der Waals surface area contributed by atoms with E-state index in [0.29, 0.717) is 48.8 Å². The highest BCUT2D eigenvalue weighted by Crippen LogP contribution is 2.44. The van der Waals surface area contributed by atoms with Gasteiger partial charge in [0.05, 0.1) is 11.1 Å². The Morgan fingerprint density at radius 1 is 0.413 bits per heavy atom. The van der Waals surface area contributed by atoms with Crippen molar-refractivity contribution in [1.29, 1.82) is 0 Å². The lowest BCUT2D eigenvalue weighted by Gasteiger charge is -2.20. The number of hydrogen-bond acceptors (Lipinski definition) is 4. The molecule has 0 aliphatic rings. The summed E-state index contributed by atoms with van der Waals surface area (Å²) in [6.07, 6.45) is 0. The summed E-state index contributed by atoms with van der Waals surface area (Å²) in [5.41, 5.74) is 2.22. The van der Waals surface area contributed by atoms with E-state index in [9.17, 15) is 29.4 Å². The van der Waals surface area contributed by atoms with Gasteiger partial charge in [-0.3, -0.25) is 9.59 Å². The molecule has 0 fully saturated rings. The van der Waals surface area contributed by atoms with Crippen LogP contribution in [-0.2, 0) is 13.1 Å². The van der Waals surface area contributed by atoms with Gasteiger partial charge >= 0.3 is 11.9 Å². The molecule has 0 bridgehead atoms. The third-order valence-corrected chi connectivity index (χ3v) is 8.44. The van der Waals surface area contributed by atoms with Gasteiger partial charge in [-0.2, -0.15) is 0 Å². The molecule has 0 saturated carbocycles. The van der Waals surface area contributed by atoms with Crippen molar-refractivity contribution in [1.82, 2.24) is 10.6 Å². The number of carboxylic acids is 2. The van der Waals surface area contributed by atoms with E-state index in [1.54, 1.807) is 36.4 Å². The maximum Gasteiger partial charge on any atom is 0.336 e. The largest absolute Gasteiger partial charge is 0.478 e. The minimum Gasteiger partial charge on any atom is -0.478 e. The summed E-state index contributed by atoms with van der Waals surface area (Å²) in [5, 5.41) is 30.2. The Morgan fingerprint density at radius 3 is 1.09 bits per heavy atom. The zero-order valence-corrected chi connectivity index (χ0v) is 24.3. The van der Waals surface area contributed by atoms with E-state index in [1.807, 2.05) is 60.7 Å². The van der Waals surface area contributed by atoms with E-state index >= 15 is 0 Å². The minimum absolute atomic E-state index is 0.119. The van der Waals surface area contributed by atoms with E-state index in [2.05, 4.69) is 10.6 Å². The monoisotopic (exact) mass is 606 g/mol. The van der Waals surface area contributed by atoms with Gasteiger partial charge in [-0.25, -0.2) is 9.59 Å². The molecule has 8 nitrogen and oxygen atoms in total. The molecule has 224 valence electrons. The molecule has 0 spiro atoms. The van der Waals surface area contributed by atoms with Gasteiger partial charge < -0.3 is 20.8 Å². The Morgan fingerprint density at radius 2 is 0.739 bits per heavy atom. The van der Waals surface area contributed by atoms with Crippen molar-refractivity contribution < 1.29 is 29.4 Å². The van der Waals surface area contributed by atoms with Crippen LogP contribution in [0.3, 0.4) is 0 Å². The molecular weight excluding hydrogens is 580 g/mol. The Labute approximate surface area is 262 Å². The molecule has 7 aromatic carbocycles. The summed E-state index contributed by atoms with van der Waals surface area (Å²) < 4.78 is 0. The van der Waals surface area contributed by atoms with Crippen LogP contribution < -0.4 is 10.6 Å². The fourth-order valence-corrected chi connectivity index (χ4v) is 6.37. The van der Waals surface area contributed by atoms with Crippen molar-refractivity contribution in [3.8, 4) is 0 Å². The van der Waals surface area contributed by atoms with Crippen molar-refractivity contribution in [2.45, 2.75) is 13.1 Å². The second-order valence-corrected chi connectivity index (χ2v) is 11.1. The highest BCUT2D eigenvalue weighted by molar-refractivity contribution is 6.38. The highest BCUT2D eigenvalue weighted by Gasteiger charge is 2.25. The Hall–Kier alpha value is -6.28. The molecule has 0 saturated heterocycles. The predicted octanol–water partition coefficient (Wildman–Crippen LogP) is 6.99. The first-order valence-corrected chi connectivity index (χ1v) is 14.6. The molecule has 0 aliphatic carbocycles. The summed E-state index contributed by atoms with van der Waals surface area (Å²) >= 11 is 0. The smallest absolute Gasteiger partial charge is 0.336 e. The number of hydrogen-bond donors (Lipinski definition) is 4. The molecule has 0 heterocycles. The number of amides is 2. The zero-order chi connectivity index (χ0) is 31.9. The lowest BCUT2D eigenvalue weighted by molar-refractivity contribution is 0.0695. The van der Waals surface area contributed by atoms with Gasteiger partial charge in [0.15, 0.2) is 0 Å². The molecule has 2 amide bonds. The molecule has 0 atom stereocenters. The number of aromatic carboxylic acids is 2. The molecule has 7 aromatic rings. The maximum atomic E-state index is 13.8. The number of nitrogens with one attached hydrogen (secondary N) is 2. The first-order valence-electron chi connectivity index (χ1n) is 14.6. The summed E-state index contributed by atoms with van der Waals surface area (Å²) in [6.45, 7) is 0.576. The maximum absolute atomic E-state index is 13.8. The van der Waals surface area contributed by atoms with Crippen molar-refractivity contribution in [2.75, 3.05) is 0 Å². The quantitative estimate of drug-likeness (QED) is 0.109. The molecule has 46 heavy (non-hydrogen) atoms. The zero-order valence-electron chi connectivity index (χ0n) is 24.3. The second kappa shape index (κ2) is 11.3. The fourth-order valence-electron chi connectivity index (χ4n) is 6.37. The Balaban J connectivity index is 1.49. The van der Waals surface area contributed by atoms with Gasteiger partial charge in [0.1, 0.15) is 0 Å². The van der Waals surface area contributed by atoms with E-state index in [4.69, 9.17) is 0 Å². The van der Waals surface area contributed by atoms with E-state index < -0.39 is 11.9 Å². The van der Waals surface area contributed by atoms with Crippen molar-refractivity contribution in [3.05, 3.63) is 143 Å². The molecule has 0 unspecified atom stereocenters. The van der Waals surface area contributed by atoms with Crippen molar-refractivity contribution in [2.24, 2.45) is 0 Å². The van der Waals surface area contributed by atoms with E-state index in [-0.39, 0.29) is 41.4 Å². The lowest BCUT2D eigenvalue weighted by atomic mass is 9.84. The topological polar surface area (TPSA) is 133 Å². The van der Waals surface area contributed by atoms with Gasteiger partial charge in [0.25, 0.3) is 11.8 Å². The second-order valence-electron chi connectivity index (χ2n) is 11.1. The van der Waals surface area contributed by atoms with Crippen LogP contribution in [0.1, 0.15) is 52.6 Å². The van der Waals surface area contributed by atoms with Gasteiger partial charge in [-0.1, -0.05) is 84.9 Å². The van der Waals surface area contributed by atoms with E-state index in [1.165, 1.54) is 12.1 Å². The molecular formula is C38H26N2O6. The number of carbonyl (C=O) groups is 4. The Kier molecular flexibility index (Phi) is 7.02. The summed E-state index contributed by atoms with van der Waals surface area (Å²) in [7, 11) is 0. The van der Waals surface area contributed by atoms with Gasteiger partial charge in [0, 0.05) is 35.0 Å². The van der Waals surface area contributed by atoms with Gasteiger partial charge in [0.2, 0.25) is 0 Å². The number of carbonyl (C=O) groups excluding carboxylic acids is 2. The summed E-state index contributed by atoms with van der Waals surface area (Å²) in [6, 6.07) is 32.0. The molecule has 4 N–H and O–H groups in total. The highest BCUT2D eigenvalue weighted by atomic mass is 16.4. The third kappa shape index (κ3) is 4.73. The number of rotatable bonds is 8. The Bertz CT molecular complexity index is 2190. The van der Waals surface area contributed by atoms with Crippen LogP contribution >= 0.6 is 0 Å². The predicted molar refractivity (Wildman–Crippen MR) is 177 cm³/mol. The number of benzene rings is 7. The number of carboxylic acid groups (broad SMARTS) is 2. The van der Waals surface area contributed by atoms with Crippen LogP contribution in [0.4, 0.5) is 0 Å². The van der Waals surface area contributed by atoms with Crippen LogP contribution in [0.25, 0.3) is 43.1 Å². The van der Waals surface area contributed by atoms with Crippen LogP contribution in [-0.4, -0.2) is 34.0 Å². The standard InChI is InChI=1S/C38H26N2O6/c41-35(39-19-21-7-3-1-4-8-21)27-15-11-23-25-13-17-29(37(43)44)34-30(38(45)46)18-14-26(32(25)34)24-12-16-28(33(27)31(23)24)36(42)40-20-22-9-5-2-6-10-22/h1-18H,19-20H2,(H,39,41)(H,40,42)(H,43,44)(H,45,46). The SMILES string of the molecule is O=C(O)c1ccc2c3ccc(C(=O)NCc4ccccc4)c4c(C(=O)NCc5ccccc5)ccc(c5ccc(C(=O)O)c1c25)c43. The first-order chi connectivity index (χ1) is 22.3. The van der Waals surface area contributed by atoms with Crippen LogP contribution in [0.15, 0.2) is 109 Å². The molecule has 7 rings (SSSR count). The average Bonchev–Trinajstić information content (AvgIpc) is 3.08. The van der Waals surface area contributed by atoms with E-state index in [0.717, 1.165) is 11.1 Å². The molecule has 0 aromatic heterocycles.